The minimum absolute atomic E-state index is 0.0220. The Bertz CT molecular complexity index is 680. The third-order valence-corrected chi connectivity index (χ3v) is 4.23. The molecule has 1 aromatic rings. The van der Waals surface area contributed by atoms with Crippen molar-refractivity contribution >= 4 is 22.2 Å². The first kappa shape index (κ1) is 20.9. The molecule has 0 aliphatic heterocycles. The van der Waals surface area contributed by atoms with Crippen LogP contribution in [-0.4, -0.2) is 45.0 Å². The topological polar surface area (TPSA) is 108 Å². The lowest BCUT2D eigenvalue weighted by atomic mass is 10.2. The second kappa shape index (κ2) is 8.82. The van der Waals surface area contributed by atoms with Gasteiger partial charge in [-0.1, -0.05) is 30.3 Å². The van der Waals surface area contributed by atoms with Crippen LogP contribution in [0.5, 0.6) is 0 Å². The zero-order valence-corrected chi connectivity index (χ0v) is 15.5. The number of hydrogen-bond acceptors (Lipinski definition) is 7. The van der Waals surface area contributed by atoms with Crippen molar-refractivity contribution in [1.82, 2.24) is 5.32 Å². The first-order valence-electron chi connectivity index (χ1n) is 7.51. The number of amides is 1. The van der Waals surface area contributed by atoms with Gasteiger partial charge in [-0.25, -0.2) is 9.59 Å². The zero-order chi connectivity index (χ0) is 19.1. The highest BCUT2D eigenvalue weighted by Gasteiger charge is 2.31. The number of benzene rings is 1. The lowest BCUT2D eigenvalue weighted by Crippen LogP contribution is -2.47. The Morgan fingerprint density at radius 3 is 2.28 bits per heavy atom. The van der Waals surface area contributed by atoms with E-state index in [1.165, 1.54) is 0 Å². The highest BCUT2D eigenvalue weighted by molar-refractivity contribution is 7.86. The summed E-state index contributed by atoms with van der Waals surface area (Å²) in [7, 11) is -2.99. The van der Waals surface area contributed by atoms with Gasteiger partial charge < -0.3 is 14.8 Å². The average molecular weight is 373 g/mol. The molecule has 1 aromatic carbocycles. The van der Waals surface area contributed by atoms with Crippen molar-refractivity contribution in [1.29, 1.82) is 0 Å². The van der Waals surface area contributed by atoms with Gasteiger partial charge in [0.2, 0.25) is 0 Å². The number of esters is 1. The minimum Gasteiger partial charge on any atom is -0.467 e. The molecule has 140 valence electrons. The van der Waals surface area contributed by atoms with Gasteiger partial charge in [0.15, 0.2) is 0 Å². The predicted octanol–water partition coefficient (Wildman–Crippen LogP) is 1.60. The molecular formula is C16H23NO7S. The zero-order valence-electron chi connectivity index (χ0n) is 14.6. The fourth-order valence-electron chi connectivity index (χ4n) is 1.84. The van der Waals surface area contributed by atoms with Crippen molar-refractivity contribution in [3.63, 3.8) is 0 Å². The number of carbonyl (C=O) groups is 2. The van der Waals surface area contributed by atoms with Crippen molar-refractivity contribution < 1.29 is 31.7 Å². The van der Waals surface area contributed by atoms with Gasteiger partial charge in [0.25, 0.3) is 10.1 Å². The van der Waals surface area contributed by atoms with Crippen LogP contribution in [0.1, 0.15) is 26.3 Å². The van der Waals surface area contributed by atoms with Crippen LogP contribution in [0.3, 0.4) is 0 Å². The maximum Gasteiger partial charge on any atom is 0.408 e. The fourth-order valence-corrected chi connectivity index (χ4v) is 3.29. The van der Waals surface area contributed by atoms with Crippen molar-refractivity contribution in [3.05, 3.63) is 35.9 Å². The summed E-state index contributed by atoms with van der Waals surface area (Å²) in [6, 6.07) is 7.45. The maximum absolute atomic E-state index is 12.0. The van der Waals surface area contributed by atoms with E-state index in [-0.39, 0.29) is 6.61 Å². The van der Waals surface area contributed by atoms with Crippen LogP contribution in [0.25, 0.3) is 0 Å². The molecule has 0 saturated heterocycles. The van der Waals surface area contributed by atoms with Crippen LogP contribution in [-0.2, 0) is 35.2 Å². The fraction of sp³-hybridized carbons (Fsp3) is 0.500. The van der Waals surface area contributed by atoms with E-state index in [1.54, 1.807) is 45.0 Å². The number of methoxy groups -OCH3 is 1. The molecule has 25 heavy (non-hydrogen) atoms. The van der Waals surface area contributed by atoms with E-state index in [0.29, 0.717) is 0 Å². The number of alkyl carbamates (subject to hydrolysis) is 1. The van der Waals surface area contributed by atoms with Crippen LogP contribution < -0.4 is 5.32 Å². The van der Waals surface area contributed by atoms with Crippen molar-refractivity contribution in [2.24, 2.45) is 0 Å². The summed E-state index contributed by atoms with van der Waals surface area (Å²) in [5, 5.41) is 2.18. The molecule has 0 aromatic heterocycles. The summed E-state index contributed by atoms with van der Waals surface area (Å²) in [5.74, 6) is -1.69. The number of carbonyl (C=O) groups excluding carboxylic acids is 2. The van der Waals surface area contributed by atoms with Crippen LogP contribution >= 0.6 is 0 Å². The summed E-state index contributed by atoms with van der Waals surface area (Å²) in [6.07, 6.45) is -0.940. The van der Waals surface area contributed by atoms with Crippen LogP contribution in [0.2, 0.25) is 0 Å². The largest absolute Gasteiger partial charge is 0.467 e. The van der Waals surface area contributed by atoms with E-state index < -0.39 is 39.6 Å². The molecule has 0 bridgehead atoms. The van der Waals surface area contributed by atoms with E-state index >= 15 is 0 Å². The van der Waals surface area contributed by atoms with Gasteiger partial charge in [-0.15, -0.1) is 0 Å². The molecule has 0 aliphatic rings. The molecule has 0 fully saturated rings. The van der Waals surface area contributed by atoms with Crippen molar-refractivity contribution in [2.75, 3.05) is 12.9 Å². The normalized spacial score (nSPS) is 13.0. The lowest BCUT2D eigenvalue weighted by molar-refractivity contribution is -0.142. The Kier molecular flexibility index (Phi) is 7.38. The predicted molar refractivity (Wildman–Crippen MR) is 90.2 cm³/mol. The smallest absolute Gasteiger partial charge is 0.408 e. The van der Waals surface area contributed by atoms with Crippen LogP contribution in [0.4, 0.5) is 4.79 Å². The Balaban J connectivity index is 2.69. The molecule has 9 heteroatoms. The summed E-state index contributed by atoms with van der Waals surface area (Å²) in [4.78, 5) is 23.6. The molecule has 1 atom stereocenters. The highest BCUT2D eigenvalue weighted by atomic mass is 32.2. The quantitative estimate of drug-likeness (QED) is 0.571. The van der Waals surface area contributed by atoms with Crippen LogP contribution in [0.15, 0.2) is 30.3 Å². The monoisotopic (exact) mass is 373 g/mol. The first-order chi connectivity index (χ1) is 11.5. The Morgan fingerprint density at radius 2 is 1.76 bits per heavy atom. The van der Waals surface area contributed by atoms with Gasteiger partial charge in [-0.2, -0.15) is 8.42 Å². The van der Waals surface area contributed by atoms with Crippen molar-refractivity contribution in [2.45, 2.75) is 39.0 Å². The summed E-state index contributed by atoms with van der Waals surface area (Å²) >= 11 is 0. The average Bonchev–Trinajstić information content (AvgIpc) is 2.50. The number of rotatable bonds is 7. The summed E-state index contributed by atoms with van der Waals surface area (Å²) in [5.41, 5.74) is -0.219. The highest BCUT2D eigenvalue weighted by Crippen LogP contribution is 2.13. The second-order valence-electron chi connectivity index (χ2n) is 6.20. The van der Waals surface area contributed by atoms with E-state index in [1.807, 2.05) is 6.07 Å². The Hall–Kier alpha value is -2.13. The Labute approximate surface area is 147 Å². The minimum atomic E-state index is -4.08. The van der Waals surface area contributed by atoms with Gasteiger partial charge in [0.1, 0.15) is 18.4 Å². The third-order valence-electron chi connectivity index (χ3n) is 2.74. The SMILES string of the molecule is COC(=O)[C@H](CS(=O)(=O)OC(C)(C)C)NC(=O)OCc1ccccc1. The third kappa shape index (κ3) is 8.50. The molecule has 1 amide bonds. The first-order valence-corrected chi connectivity index (χ1v) is 9.08. The maximum atomic E-state index is 12.0. The Morgan fingerprint density at radius 1 is 1.16 bits per heavy atom. The molecule has 0 aliphatic carbocycles. The summed E-state index contributed by atoms with van der Waals surface area (Å²) < 4.78 is 38.5. The molecule has 0 unspecified atom stereocenters. The standard InChI is InChI=1S/C16H23NO7S/c1-16(2,3)24-25(20,21)11-13(14(18)22-4)17-15(19)23-10-12-8-6-5-7-9-12/h5-9,13H,10-11H2,1-4H3,(H,17,19)/t13-/m0/s1. The molecule has 0 radical (unpaired) electrons. The molecule has 0 spiro atoms. The van der Waals surface area contributed by atoms with Crippen molar-refractivity contribution in [3.8, 4) is 0 Å². The van der Waals surface area contributed by atoms with E-state index in [2.05, 4.69) is 10.1 Å². The number of hydrogen-bond donors (Lipinski definition) is 1. The van der Waals surface area contributed by atoms with Gasteiger partial charge in [0.05, 0.1) is 12.7 Å². The summed E-state index contributed by atoms with van der Waals surface area (Å²) in [6.45, 7) is 4.64. The van der Waals surface area contributed by atoms with Crippen LogP contribution in [0, 0.1) is 0 Å². The molecule has 0 heterocycles. The van der Waals surface area contributed by atoms with Gasteiger partial charge in [0, 0.05) is 0 Å². The molecular weight excluding hydrogens is 350 g/mol. The lowest BCUT2D eigenvalue weighted by Gasteiger charge is -2.21. The second-order valence-corrected chi connectivity index (χ2v) is 7.82. The van der Waals surface area contributed by atoms with Gasteiger partial charge in [-0.3, -0.25) is 4.18 Å². The van der Waals surface area contributed by atoms with E-state index in [0.717, 1.165) is 12.7 Å². The molecule has 8 nitrogen and oxygen atoms in total. The molecule has 0 saturated carbocycles. The van der Waals surface area contributed by atoms with Gasteiger partial charge >= 0.3 is 12.1 Å². The molecule has 1 N–H and O–H groups in total. The van der Waals surface area contributed by atoms with E-state index in [9.17, 15) is 18.0 Å². The van der Waals surface area contributed by atoms with E-state index in [4.69, 9.17) is 8.92 Å². The number of nitrogens with one attached hydrogen (secondary N) is 1. The van der Waals surface area contributed by atoms with Gasteiger partial charge in [-0.05, 0) is 26.3 Å². The molecule has 1 rings (SSSR count). The number of ether oxygens (including phenoxy) is 2.